The van der Waals surface area contributed by atoms with Gasteiger partial charge in [-0.1, -0.05) is 18.2 Å². The highest BCUT2D eigenvalue weighted by atomic mass is 32.1. The van der Waals surface area contributed by atoms with Gasteiger partial charge >= 0.3 is 5.97 Å². The molecule has 7 N–H and O–H groups in total. The minimum atomic E-state index is -1.21. The van der Waals surface area contributed by atoms with Gasteiger partial charge in [0.2, 0.25) is 17.7 Å². The van der Waals surface area contributed by atoms with E-state index in [0.29, 0.717) is 0 Å². The fraction of sp³-hybridized carbons (Fsp3) is 0.400. The maximum Gasteiger partial charge on any atom is 0.325 e. The number of nitrogens with one attached hydrogen (secondary N) is 4. The first-order valence-electron chi connectivity index (χ1n) is 9.69. The molecule has 0 radical (unpaired) electrons. The molecule has 10 nitrogen and oxygen atoms in total. The van der Waals surface area contributed by atoms with Crippen LogP contribution in [0.2, 0.25) is 0 Å². The number of hydrogen-bond donors (Lipinski definition) is 7. The fourth-order valence-electron chi connectivity index (χ4n) is 2.87. The smallest absolute Gasteiger partial charge is 0.325 e. The summed E-state index contributed by atoms with van der Waals surface area (Å²) in [6, 6.07) is 3.45. The Bertz CT molecular complexity index is 960. The first-order chi connectivity index (χ1) is 14.6. The number of rotatable bonds is 10. The number of carbonyl (C=O) groups excluding carboxylic acids is 3. The summed E-state index contributed by atoms with van der Waals surface area (Å²) in [4.78, 5) is 51.5. The highest BCUT2D eigenvalue weighted by molar-refractivity contribution is 7.80. The van der Waals surface area contributed by atoms with E-state index in [2.05, 4.69) is 33.6 Å². The number of carboxylic acid groups (broad SMARTS) is 1. The van der Waals surface area contributed by atoms with Crippen molar-refractivity contribution in [3.8, 4) is 0 Å². The molecule has 3 amide bonds. The minimum Gasteiger partial charge on any atom is -0.480 e. The average molecular weight is 450 g/mol. The van der Waals surface area contributed by atoms with Crippen LogP contribution in [0, 0.1) is 0 Å². The number of thiol groups is 1. The zero-order valence-electron chi connectivity index (χ0n) is 17.2. The summed E-state index contributed by atoms with van der Waals surface area (Å²) in [6.45, 7) is 2.80. The van der Waals surface area contributed by atoms with Crippen molar-refractivity contribution in [1.82, 2.24) is 20.9 Å². The third-order valence-electron chi connectivity index (χ3n) is 4.69. The van der Waals surface area contributed by atoms with Crippen molar-refractivity contribution in [1.29, 1.82) is 0 Å². The van der Waals surface area contributed by atoms with Crippen LogP contribution in [0.3, 0.4) is 0 Å². The van der Waals surface area contributed by atoms with Crippen molar-refractivity contribution >= 4 is 47.2 Å². The molecule has 0 spiro atoms. The Balaban J connectivity index is 2.19. The summed E-state index contributed by atoms with van der Waals surface area (Å²) in [7, 11) is 0. The molecule has 0 saturated heterocycles. The molecule has 0 aliphatic heterocycles. The summed E-state index contributed by atoms with van der Waals surface area (Å²) in [5.74, 6) is -3.10. The van der Waals surface area contributed by atoms with Crippen LogP contribution < -0.4 is 21.7 Å². The number of carboxylic acids is 1. The number of carbonyl (C=O) groups is 4. The normalized spacial score (nSPS) is 14.8. The summed E-state index contributed by atoms with van der Waals surface area (Å²) >= 11 is 4.08. The van der Waals surface area contributed by atoms with E-state index in [9.17, 15) is 19.2 Å². The molecule has 2 aromatic rings. The van der Waals surface area contributed by atoms with Gasteiger partial charge in [-0.25, -0.2) is 0 Å². The number of fused-ring (bicyclic) bond motifs is 1. The summed E-state index contributed by atoms with van der Waals surface area (Å²) in [6.07, 6.45) is 1.90. The first-order valence-corrected chi connectivity index (χ1v) is 10.3. The molecule has 168 valence electrons. The van der Waals surface area contributed by atoms with Crippen molar-refractivity contribution in [3.05, 3.63) is 36.0 Å². The third-order valence-corrected chi connectivity index (χ3v) is 5.06. The molecule has 1 aromatic heterocycles. The van der Waals surface area contributed by atoms with Crippen molar-refractivity contribution in [2.75, 3.05) is 5.75 Å². The Hall–Kier alpha value is -3.05. The van der Waals surface area contributed by atoms with E-state index in [4.69, 9.17) is 10.8 Å². The van der Waals surface area contributed by atoms with E-state index in [0.717, 1.165) is 16.5 Å². The maximum absolute atomic E-state index is 12.9. The molecule has 11 heteroatoms. The number of H-pyrrole nitrogens is 1. The topological polar surface area (TPSA) is 166 Å². The highest BCUT2D eigenvalue weighted by Crippen LogP contribution is 2.19. The molecule has 1 heterocycles. The molecular formula is C20H27N5O5S. The summed E-state index contributed by atoms with van der Waals surface area (Å²) in [5.41, 5.74) is 7.30. The number of hydrogen-bond acceptors (Lipinski definition) is 6. The van der Waals surface area contributed by atoms with Crippen molar-refractivity contribution < 1.29 is 24.3 Å². The Morgan fingerprint density at radius 3 is 2.26 bits per heavy atom. The number of para-hydroxylation sites is 1. The maximum atomic E-state index is 12.9. The predicted molar refractivity (Wildman–Crippen MR) is 119 cm³/mol. The number of aromatic nitrogens is 1. The molecular weight excluding hydrogens is 422 g/mol. The highest BCUT2D eigenvalue weighted by Gasteiger charge is 2.29. The van der Waals surface area contributed by atoms with Crippen LogP contribution in [0.15, 0.2) is 30.5 Å². The standard InChI is InChI=1S/C20H27N5O5S/c1-10(21)17(26)24-15(7-12-8-22-14-6-4-3-5-13(12)14)18(27)25-16(9-31)19(28)23-11(2)20(29)30/h3-6,8,10-11,15-16,22,31H,7,9,21H2,1-2H3,(H,23,28)(H,24,26)(H,25,27)(H,29,30). The zero-order valence-corrected chi connectivity index (χ0v) is 18.1. The number of benzene rings is 1. The molecule has 0 bridgehead atoms. The van der Waals surface area contributed by atoms with Crippen molar-refractivity contribution in [3.63, 3.8) is 0 Å². The molecule has 2 rings (SSSR count). The second-order valence-corrected chi connectivity index (χ2v) is 7.59. The molecule has 0 aliphatic rings. The third kappa shape index (κ3) is 6.46. The van der Waals surface area contributed by atoms with Gasteiger partial charge in [0.05, 0.1) is 6.04 Å². The van der Waals surface area contributed by atoms with Gasteiger partial charge in [-0.3, -0.25) is 19.2 Å². The second kappa shape index (κ2) is 10.8. The van der Waals surface area contributed by atoms with Crippen molar-refractivity contribution in [2.45, 2.75) is 44.4 Å². The van der Waals surface area contributed by atoms with Gasteiger partial charge in [0.15, 0.2) is 0 Å². The van der Waals surface area contributed by atoms with Gasteiger partial charge in [-0.05, 0) is 25.5 Å². The second-order valence-electron chi connectivity index (χ2n) is 7.23. The lowest BCUT2D eigenvalue weighted by Gasteiger charge is -2.23. The van der Waals surface area contributed by atoms with Gasteiger partial charge < -0.3 is 31.8 Å². The molecule has 1 aromatic carbocycles. The van der Waals surface area contributed by atoms with Gasteiger partial charge in [0.1, 0.15) is 18.1 Å². The Kier molecular flexibility index (Phi) is 8.46. The van der Waals surface area contributed by atoms with Crippen LogP contribution in [-0.2, 0) is 25.6 Å². The molecule has 31 heavy (non-hydrogen) atoms. The van der Waals surface area contributed by atoms with Gasteiger partial charge in [0, 0.05) is 29.3 Å². The number of amides is 3. The Morgan fingerprint density at radius 2 is 1.65 bits per heavy atom. The van der Waals surface area contributed by atoms with E-state index >= 15 is 0 Å². The zero-order chi connectivity index (χ0) is 23.1. The van der Waals surface area contributed by atoms with Crippen LogP contribution in [0.4, 0.5) is 0 Å². The average Bonchev–Trinajstić information content (AvgIpc) is 3.13. The monoisotopic (exact) mass is 449 g/mol. The van der Waals surface area contributed by atoms with Crippen LogP contribution in [0.25, 0.3) is 10.9 Å². The van der Waals surface area contributed by atoms with Crippen LogP contribution >= 0.6 is 12.6 Å². The van der Waals surface area contributed by atoms with E-state index in [1.165, 1.54) is 13.8 Å². The summed E-state index contributed by atoms with van der Waals surface area (Å²) < 4.78 is 0. The van der Waals surface area contributed by atoms with E-state index in [1.54, 1.807) is 6.20 Å². The Labute approximate surface area is 184 Å². The Morgan fingerprint density at radius 1 is 1.03 bits per heavy atom. The number of aliphatic carboxylic acids is 1. The van der Waals surface area contributed by atoms with Gasteiger partial charge in [-0.15, -0.1) is 0 Å². The van der Waals surface area contributed by atoms with Gasteiger partial charge in [0.25, 0.3) is 0 Å². The lowest BCUT2D eigenvalue weighted by Crippen LogP contribution is -2.57. The van der Waals surface area contributed by atoms with Crippen LogP contribution in [-0.4, -0.2) is 63.7 Å². The summed E-state index contributed by atoms with van der Waals surface area (Å²) in [5, 5.41) is 17.3. The van der Waals surface area contributed by atoms with Gasteiger partial charge in [-0.2, -0.15) is 12.6 Å². The predicted octanol–water partition coefficient (Wildman–Crippen LogP) is -0.454. The largest absolute Gasteiger partial charge is 0.480 e. The quantitative estimate of drug-likeness (QED) is 0.243. The molecule has 0 fully saturated rings. The lowest BCUT2D eigenvalue weighted by molar-refractivity contribution is -0.141. The number of nitrogens with two attached hydrogens (primary N) is 1. The van der Waals surface area contributed by atoms with E-state index in [-0.39, 0.29) is 12.2 Å². The van der Waals surface area contributed by atoms with E-state index < -0.39 is 47.9 Å². The SMILES string of the molecule is CC(N)C(=O)NC(Cc1c[nH]c2ccccc12)C(=O)NC(CS)C(=O)NC(C)C(=O)O. The van der Waals surface area contributed by atoms with Crippen LogP contribution in [0.1, 0.15) is 19.4 Å². The van der Waals surface area contributed by atoms with E-state index in [1.807, 2.05) is 24.3 Å². The lowest BCUT2D eigenvalue weighted by atomic mass is 10.0. The first kappa shape index (κ1) is 24.2. The molecule has 4 atom stereocenters. The molecule has 0 aliphatic carbocycles. The molecule has 4 unspecified atom stereocenters. The molecule has 0 saturated carbocycles. The minimum absolute atomic E-state index is 0.0645. The fourth-order valence-corrected chi connectivity index (χ4v) is 3.13. The number of aromatic amines is 1. The van der Waals surface area contributed by atoms with Crippen molar-refractivity contribution in [2.24, 2.45) is 5.73 Å². The van der Waals surface area contributed by atoms with Crippen LogP contribution in [0.5, 0.6) is 0 Å².